The molecule has 288 valence electrons. The average molecular weight is 740 g/mol. The van der Waals surface area contributed by atoms with Crippen LogP contribution in [0, 0.1) is 23.7 Å². The number of hydrogen-bond acceptors (Lipinski definition) is 2. The van der Waals surface area contributed by atoms with Crippen LogP contribution in [0.1, 0.15) is 122 Å². The van der Waals surface area contributed by atoms with Gasteiger partial charge >= 0.3 is 0 Å². The lowest BCUT2D eigenvalue weighted by Gasteiger charge is -2.46. The van der Waals surface area contributed by atoms with Crippen LogP contribution in [0.25, 0.3) is 0 Å². The van der Waals surface area contributed by atoms with E-state index in [-0.39, 0.29) is 6.10 Å². The summed E-state index contributed by atoms with van der Waals surface area (Å²) in [6.45, 7) is 0. The maximum absolute atomic E-state index is 6.80. The molecule has 0 aromatic rings. The molecule has 0 aromatic heterocycles. The normalized spacial score (nSPS) is 34.5. The van der Waals surface area contributed by atoms with Crippen molar-refractivity contribution in [2.75, 3.05) is 0 Å². The molecule has 0 N–H and O–H groups in total. The number of allylic oxidation sites excluding steroid dienone is 21. The van der Waals surface area contributed by atoms with Crippen LogP contribution >= 0.6 is 0 Å². The van der Waals surface area contributed by atoms with Gasteiger partial charge in [-0.2, -0.15) is 0 Å². The van der Waals surface area contributed by atoms with Crippen molar-refractivity contribution in [2.45, 2.75) is 140 Å². The minimum atomic E-state index is 0.189. The monoisotopic (exact) mass is 739 g/mol. The van der Waals surface area contributed by atoms with E-state index in [0.29, 0.717) is 35.8 Å². The van der Waals surface area contributed by atoms with Gasteiger partial charge in [-0.05, 0) is 190 Å². The van der Waals surface area contributed by atoms with E-state index in [4.69, 9.17) is 4.74 Å². The van der Waals surface area contributed by atoms with Crippen LogP contribution in [0.2, 0.25) is 0 Å². The second kappa shape index (κ2) is 15.0. The molecule has 0 amide bonds. The Bertz CT molecular complexity index is 2100. The third kappa shape index (κ3) is 6.38. The Morgan fingerprint density at radius 2 is 1.52 bits per heavy atom. The van der Waals surface area contributed by atoms with Crippen molar-refractivity contribution in [1.82, 2.24) is 4.90 Å². The third-order valence-electron chi connectivity index (χ3n) is 15.6. The second-order valence-corrected chi connectivity index (χ2v) is 18.6. The SMILES string of the molecule is C1=CC2=C(C=CCC2C2=CCC(N(C3=CCC(C4=CC5C6=C(OC5C=C4)C(C4CC=CCC4)=CCC6)CC3)[C@@H]3CCC4=C(CCC5=C4CCC=C5)C3)C=C2)CC1. The maximum Gasteiger partial charge on any atom is 0.127 e. The smallest absolute Gasteiger partial charge is 0.127 e. The molecule has 11 aliphatic rings. The maximum atomic E-state index is 6.80. The van der Waals surface area contributed by atoms with Gasteiger partial charge in [-0.3, -0.25) is 0 Å². The molecule has 0 aromatic carbocycles. The predicted molar refractivity (Wildman–Crippen MR) is 231 cm³/mol. The molecule has 0 spiro atoms. The van der Waals surface area contributed by atoms with Crippen molar-refractivity contribution < 1.29 is 4.74 Å². The average Bonchev–Trinajstić information content (AvgIpc) is 3.65. The largest absolute Gasteiger partial charge is 0.485 e. The highest BCUT2D eigenvalue weighted by Crippen LogP contribution is 2.50. The number of rotatable bonds is 6. The molecule has 56 heavy (non-hydrogen) atoms. The standard InChI is InChI=1S/C54H61NO/c1-2-10-38(11-3-1)50-18-9-19-51-52-35-41(26-33-53(52)56-54(50)51)36-22-27-43(28-23-36)55(45-31-32-49-42(34-45)21-20-39-13-5-7-16-47(39)49)44-29-24-40(25-30-44)48-17-8-14-37-12-4-6-15-46(37)48/h1-2,5-6,8,13-15,18,24-27,29,33,35-36,38,44-45,48,52-53H,3-4,7,9-12,16-17,19-23,28,30-32,34H2/t36?,38?,44?,45-,48?,52?,53?/m1/s1. The molecule has 7 atom stereocenters. The van der Waals surface area contributed by atoms with Gasteiger partial charge in [0.1, 0.15) is 11.9 Å². The molecular weight excluding hydrogens is 679 g/mol. The van der Waals surface area contributed by atoms with E-state index >= 15 is 0 Å². The molecule has 1 heterocycles. The molecule has 2 heteroatoms. The molecule has 0 saturated heterocycles. The van der Waals surface area contributed by atoms with Gasteiger partial charge in [0.2, 0.25) is 0 Å². The van der Waals surface area contributed by atoms with Gasteiger partial charge in [0.05, 0.1) is 6.04 Å². The first-order valence-electron chi connectivity index (χ1n) is 22.9. The van der Waals surface area contributed by atoms with E-state index in [2.05, 4.69) is 102 Å². The van der Waals surface area contributed by atoms with E-state index in [9.17, 15) is 0 Å². The number of ether oxygens (including phenoxy) is 1. The lowest BCUT2D eigenvalue weighted by atomic mass is 9.73. The van der Waals surface area contributed by atoms with Crippen molar-refractivity contribution in [3.8, 4) is 0 Å². The van der Waals surface area contributed by atoms with Crippen LogP contribution in [0.3, 0.4) is 0 Å². The molecule has 0 radical (unpaired) electrons. The minimum Gasteiger partial charge on any atom is -0.485 e. The van der Waals surface area contributed by atoms with E-state index in [1.807, 2.05) is 0 Å². The Hall–Kier alpha value is -4.04. The highest BCUT2D eigenvalue weighted by atomic mass is 16.5. The molecule has 11 rings (SSSR count). The minimum absolute atomic E-state index is 0.189. The topological polar surface area (TPSA) is 12.5 Å². The van der Waals surface area contributed by atoms with Crippen LogP contribution in [-0.2, 0) is 4.74 Å². The van der Waals surface area contributed by atoms with Gasteiger partial charge in [0.25, 0.3) is 0 Å². The Morgan fingerprint density at radius 3 is 2.41 bits per heavy atom. The molecule has 2 nitrogen and oxygen atoms in total. The number of nitrogens with zero attached hydrogens (tertiary/aromatic N) is 1. The fourth-order valence-corrected chi connectivity index (χ4v) is 12.8. The summed E-state index contributed by atoms with van der Waals surface area (Å²) >= 11 is 0. The zero-order valence-corrected chi connectivity index (χ0v) is 33.6. The van der Waals surface area contributed by atoms with Gasteiger partial charge in [0.15, 0.2) is 0 Å². The van der Waals surface area contributed by atoms with E-state index in [1.165, 1.54) is 108 Å². The highest BCUT2D eigenvalue weighted by molar-refractivity contribution is 5.51. The summed E-state index contributed by atoms with van der Waals surface area (Å²) in [7, 11) is 0. The molecule has 0 fully saturated rings. The summed E-state index contributed by atoms with van der Waals surface area (Å²) in [6, 6.07) is 1.04. The zero-order chi connectivity index (χ0) is 37.0. The van der Waals surface area contributed by atoms with Crippen molar-refractivity contribution in [3.05, 3.63) is 164 Å². The molecule has 6 unspecified atom stereocenters. The van der Waals surface area contributed by atoms with Crippen LogP contribution in [0.15, 0.2) is 164 Å². The lowest BCUT2D eigenvalue weighted by Crippen LogP contribution is -2.44. The predicted octanol–water partition coefficient (Wildman–Crippen LogP) is 13.6. The molecule has 0 bridgehead atoms. The van der Waals surface area contributed by atoms with Gasteiger partial charge in [0, 0.05) is 23.6 Å². The highest BCUT2D eigenvalue weighted by Gasteiger charge is 2.41. The van der Waals surface area contributed by atoms with Crippen LogP contribution in [-0.4, -0.2) is 23.1 Å². The summed E-state index contributed by atoms with van der Waals surface area (Å²) in [6.07, 6.45) is 63.1. The zero-order valence-electron chi connectivity index (χ0n) is 33.6. The first-order valence-corrected chi connectivity index (χ1v) is 22.9. The van der Waals surface area contributed by atoms with Crippen LogP contribution in [0.5, 0.6) is 0 Å². The molecule has 0 saturated carbocycles. The van der Waals surface area contributed by atoms with Crippen LogP contribution < -0.4 is 0 Å². The number of fused-ring (bicyclic) bond motifs is 3. The Balaban J connectivity index is 0.844. The Labute approximate surface area is 336 Å². The second-order valence-electron chi connectivity index (χ2n) is 18.6. The van der Waals surface area contributed by atoms with Crippen molar-refractivity contribution in [3.63, 3.8) is 0 Å². The third-order valence-corrected chi connectivity index (χ3v) is 15.6. The summed E-state index contributed by atoms with van der Waals surface area (Å²) in [4.78, 5) is 2.97. The Kier molecular flexibility index (Phi) is 9.44. The van der Waals surface area contributed by atoms with Gasteiger partial charge in [-0.1, -0.05) is 96.7 Å². The fourth-order valence-electron chi connectivity index (χ4n) is 12.8. The van der Waals surface area contributed by atoms with Crippen molar-refractivity contribution in [1.29, 1.82) is 0 Å². The van der Waals surface area contributed by atoms with E-state index < -0.39 is 0 Å². The van der Waals surface area contributed by atoms with Gasteiger partial charge < -0.3 is 9.64 Å². The van der Waals surface area contributed by atoms with Crippen LogP contribution in [0.4, 0.5) is 0 Å². The van der Waals surface area contributed by atoms with Gasteiger partial charge in [-0.15, -0.1) is 0 Å². The summed E-state index contributed by atoms with van der Waals surface area (Å²) < 4.78 is 6.80. The summed E-state index contributed by atoms with van der Waals surface area (Å²) in [5.74, 6) is 3.46. The van der Waals surface area contributed by atoms with E-state index in [1.54, 1.807) is 55.9 Å². The lowest BCUT2D eigenvalue weighted by molar-refractivity contribution is 0.165. The molecule has 10 aliphatic carbocycles. The van der Waals surface area contributed by atoms with Crippen molar-refractivity contribution >= 4 is 0 Å². The number of hydrogen-bond donors (Lipinski definition) is 0. The van der Waals surface area contributed by atoms with E-state index in [0.717, 1.165) is 25.7 Å². The van der Waals surface area contributed by atoms with Crippen molar-refractivity contribution in [2.24, 2.45) is 23.7 Å². The molecule has 1 aliphatic heterocycles. The molecular formula is C54H61NO. The summed E-state index contributed by atoms with van der Waals surface area (Å²) in [5, 5.41) is 0. The first-order chi connectivity index (χ1) is 27.7. The fraction of sp³-hybridized carbons (Fsp3) is 0.481. The quantitative estimate of drug-likeness (QED) is 0.252. The first kappa shape index (κ1) is 35.1. The summed E-state index contributed by atoms with van der Waals surface area (Å²) in [5.41, 5.74) is 18.0. The Morgan fingerprint density at radius 1 is 0.589 bits per heavy atom. The van der Waals surface area contributed by atoms with Gasteiger partial charge in [-0.25, -0.2) is 0 Å².